The third-order valence-corrected chi connectivity index (χ3v) is 1.96. The molecule has 1 rings (SSSR count). The van der Waals surface area contributed by atoms with Gasteiger partial charge in [0.25, 0.3) is 0 Å². The van der Waals surface area contributed by atoms with Crippen molar-refractivity contribution in [3.8, 4) is 0 Å². The SMILES string of the molecule is CCSCc1ncc(C)o1. The van der Waals surface area contributed by atoms with Gasteiger partial charge in [-0.1, -0.05) is 6.92 Å². The molecule has 0 spiro atoms. The highest BCUT2D eigenvalue weighted by Gasteiger charge is 1.97. The first-order valence-electron chi connectivity index (χ1n) is 3.32. The largest absolute Gasteiger partial charge is 0.445 e. The van der Waals surface area contributed by atoms with Gasteiger partial charge in [-0.2, -0.15) is 11.8 Å². The molecule has 0 N–H and O–H groups in total. The molecule has 0 bridgehead atoms. The van der Waals surface area contributed by atoms with Crippen LogP contribution in [0.3, 0.4) is 0 Å². The minimum absolute atomic E-state index is 0.837. The number of nitrogens with zero attached hydrogens (tertiary/aromatic N) is 1. The van der Waals surface area contributed by atoms with Crippen LogP contribution in [-0.2, 0) is 5.75 Å². The van der Waals surface area contributed by atoms with Crippen molar-refractivity contribution in [1.29, 1.82) is 0 Å². The van der Waals surface area contributed by atoms with Crippen LogP contribution in [-0.4, -0.2) is 10.7 Å². The fraction of sp³-hybridized carbons (Fsp3) is 0.571. The Hall–Kier alpha value is -0.440. The quantitative estimate of drug-likeness (QED) is 0.673. The van der Waals surface area contributed by atoms with E-state index in [4.69, 9.17) is 4.42 Å². The molecule has 1 aromatic heterocycles. The summed E-state index contributed by atoms with van der Waals surface area (Å²) < 4.78 is 5.25. The summed E-state index contributed by atoms with van der Waals surface area (Å²) >= 11 is 1.82. The topological polar surface area (TPSA) is 26.0 Å². The molecule has 0 unspecified atom stereocenters. The highest BCUT2D eigenvalue weighted by Crippen LogP contribution is 2.10. The van der Waals surface area contributed by atoms with E-state index < -0.39 is 0 Å². The van der Waals surface area contributed by atoms with Crippen molar-refractivity contribution in [3.63, 3.8) is 0 Å². The van der Waals surface area contributed by atoms with E-state index in [-0.39, 0.29) is 0 Å². The summed E-state index contributed by atoms with van der Waals surface area (Å²) in [5.74, 6) is 3.74. The predicted molar refractivity (Wildman–Crippen MR) is 43.1 cm³/mol. The number of aryl methyl sites for hydroxylation is 1. The Morgan fingerprint density at radius 1 is 1.70 bits per heavy atom. The van der Waals surface area contributed by atoms with Crippen molar-refractivity contribution in [2.24, 2.45) is 0 Å². The monoisotopic (exact) mass is 157 g/mol. The second-order valence-corrected chi connectivity index (χ2v) is 3.28. The summed E-state index contributed by atoms with van der Waals surface area (Å²) in [5.41, 5.74) is 0. The zero-order valence-electron chi connectivity index (χ0n) is 6.26. The maximum atomic E-state index is 5.25. The summed E-state index contributed by atoms with van der Waals surface area (Å²) in [4.78, 5) is 4.07. The van der Waals surface area contributed by atoms with Gasteiger partial charge in [-0.3, -0.25) is 0 Å². The second-order valence-electron chi connectivity index (χ2n) is 2.00. The summed E-state index contributed by atoms with van der Waals surface area (Å²) in [6.45, 7) is 4.04. The average Bonchev–Trinajstić information content (AvgIpc) is 2.31. The average molecular weight is 157 g/mol. The smallest absolute Gasteiger partial charge is 0.204 e. The van der Waals surface area contributed by atoms with E-state index in [2.05, 4.69) is 11.9 Å². The fourth-order valence-electron chi connectivity index (χ4n) is 0.658. The van der Waals surface area contributed by atoms with Gasteiger partial charge in [-0.05, 0) is 12.7 Å². The van der Waals surface area contributed by atoms with Gasteiger partial charge in [0.05, 0.1) is 11.9 Å². The second kappa shape index (κ2) is 3.66. The number of hydrogen-bond donors (Lipinski definition) is 0. The summed E-state index contributed by atoms with van der Waals surface area (Å²) in [7, 11) is 0. The zero-order chi connectivity index (χ0) is 7.40. The van der Waals surface area contributed by atoms with Crippen molar-refractivity contribution in [1.82, 2.24) is 4.98 Å². The molecule has 10 heavy (non-hydrogen) atoms. The Bertz CT molecular complexity index is 197. The van der Waals surface area contributed by atoms with Crippen molar-refractivity contribution in [2.45, 2.75) is 19.6 Å². The molecule has 0 radical (unpaired) electrons. The van der Waals surface area contributed by atoms with Gasteiger partial charge in [0.15, 0.2) is 0 Å². The molecule has 0 atom stereocenters. The van der Waals surface area contributed by atoms with E-state index in [0.717, 1.165) is 23.2 Å². The van der Waals surface area contributed by atoms with Gasteiger partial charge in [0, 0.05) is 0 Å². The molecule has 0 aromatic carbocycles. The van der Waals surface area contributed by atoms with Gasteiger partial charge in [0.2, 0.25) is 5.89 Å². The lowest BCUT2D eigenvalue weighted by Gasteiger charge is -1.90. The van der Waals surface area contributed by atoms with Crippen LogP contribution in [0.15, 0.2) is 10.6 Å². The molecule has 0 aliphatic rings. The van der Waals surface area contributed by atoms with Crippen LogP contribution in [0.1, 0.15) is 18.6 Å². The van der Waals surface area contributed by atoms with Gasteiger partial charge in [-0.25, -0.2) is 4.98 Å². The predicted octanol–water partition coefficient (Wildman–Crippen LogP) is 2.24. The zero-order valence-corrected chi connectivity index (χ0v) is 7.07. The number of aromatic nitrogens is 1. The Morgan fingerprint density at radius 3 is 3.00 bits per heavy atom. The molecule has 1 heterocycles. The molecule has 0 fully saturated rings. The first kappa shape index (κ1) is 7.66. The molecular formula is C7H11NOS. The van der Waals surface area contributed by atoms with Crippen molar-refractivity contribution in [3.05, 3.63) is 17.8 Å². The molecule has 0 saturated heterocycles. The van der Waals surface area contributed by atoms with Crippen molar-refractivity contribution in [2.75, 3.05) is 5.75 Å². The fourth-order valence-corrected chi connectivity index (χ4v) is 1.17. The molecule has 1 aromatic rings. The lowest BCUT2D eigenvalue weighted by molar-refractivity contribution is 0.490. The van der Waals surface area contributed by atoms with Crippen molar-refractivity contribution < 1.29 is 4.42 Å². The first-order valence-corrected chi connectivity index (χ1v) is 4.47. The molecule has 0 aliphatic heterocycles. The number of thioether (sulfide) groups is 1. The van der Waals surface area contributed by atoms with Crippen molar-refractivity contribution >= 4 is 11.8 Å². The molecule has 2 nitrogen and oxygen atoms in total. The minimum Gasteiger partial charge on any atom is -0.445 e. The summed E-state index contributed by atoms with van der Waals surface area (Å²) in [6, 6.07) is 0. The van der Waals surface area contributed by atoms with Crippen LogP contribution in [0.5, 0.6) is 0 Å². The normalized spacial score (nSPS) is 10.2. The van der Waals surface area contributed by atoms with E-state index in [0.29, 0.717) is 0 Å². The van der Waals surface area contributed by atoms with Crippen LogP contribution >= 0.6 is 11.8 Å². The Balaban J connectivity index is 2.42. The van der Waals surface area contributed by atoms with Gasteiger partial charge in [0.1, 0.15) is 5.76 Å². The Morgan fingerprint density at radius 2 is 2.50 bits per heavy atom. The van der Waals surface area contributed by atoms with E-state index in [1.807, 2.05) is 18.7 Å². The molecule has 56 valence electrons. The van der Waals surface area contributed by atoms with Gasteiger partial charge < -0.3 is 4.42 Å². The minimum atomic E-state index is 0.837. The van der Waals surface area contributed by atoms with Gasteiger partial charge in [-0.15, -0.1) is 0 Å². The standard InChI is InChI=1S/C7H11NOS/c1-3-10-5-7-8-4-6(2)9-7/h4H,3,5H2,1-2H3. The first-order chi connectivity index (χ1) is 4.83. The Kier molecular flexibility index (Phi) is 2.81. The number of rotatable bonds is 3. The number of hydrogen-bond acceptors (Lipinski definition) is 3. The molecule has 0 aliphatic carbocycles. The maximum Gasteiger partial charge on any atom is 0.204 e. The highest BCUT2D eigenvalue weighted by molar-refractivity contribution is 7.98. The van der Waals surface area contributed by atoms with Crippen LogP contribution in [0, 0.1) is 6.92 Å². The van der Waals surface area contributed by atoms with E-state index in [1.54, 1.807) is 6.20 Å². The van der Waals surface area contributed by atoms with Crippen LogP contribution in [0.25, 0.3) is 0 Å². The van der Waals surface area contributed by atoms with Gasteiger partial charge >= 0.3 is 0 Å². The molecular weight excluding hydrogens is 146 g/mol. The molecule has 0 saturated carbocycles. The lowest BCUT2D eigenvalue weighted by atomic mass is 10.6. The summed E-state index contributed by atoms with van der Waals surface area (Å²) in [5, 5.41) is 0. The highest BCUT2D eigenvalue weighted by atomic mass is 32.2. The number of oxazole rings is 1. The van der Waals surface area contributed by atoms with E-state index >= 15 is 0 Å². The van der Waals surface area contributed by atoms with E-state index in [9.17, 15) is 0 Å². The Labute approximate surface area is 65.0 Å². The van der Waals surface area contributed by atoms with Crippen LogP contribution in [0.4, 0.5) is 0 Å². The van der Waals surface area contributed by atoms with Crippen LogP contribution in [0.2, 0.25) is 0 Å². The third kappa shape index (κ3) is 2.06. The summed E-state index contributed by atoms with van der Waals surface area (Å²) in [6.07, 6.45) is 1.76. The van der Waals surface area contributed by atoms with Crippen LogP contribution < -0.4 is 0 Å². The lowest BCUT2D eigenvalue weighted by Crippen LogP contribution is -1.78. The molecule has 3 heteroatoms. The maximum absolute atomic E-state index is 5.25. The third-order valence-electron chi connectivity index (χ3n) is 1.10. The molecule has 0 amide bonds. The van der Waals surface area contributed by atoms with E-state index in [1.165, 1.54) is 0 Å².